The predicted octanol–water partition coefficient (Wildman–Crippen LogP) is 2.22. The first-order valence-corrected chi connectivity index (χ1v) is 7.04. The summed E-state index contributed by atoms with van der Waals surface area (Å²) in [6, 6.07) is 1.90. The summed E-state index contributed by atoms with van der Waals surface area (Å²) in [5.41, 5.74) is 7.12. The Morgan fingerprint density at radius 2 is 2.25 bits per heavy atom. The van der Waals surface area contributed by atoms with Gasteiger partial charge in [0.05, 0.1) is 23.5 Å². The Balaban J connectivity index is 2.06. The van der Waals surface area contributed by atoms with Crippen LogP contribution in [0.5, 0.6) is 0 Å². The van der Waals surface area contributed by atoms with Gasteiger partial charge >= 0.3 is 5.97 Å². The van der Waals surface area contributed by atoms with Crippen LogP contribution in [0.3, 0.4) is 0 Å². The van der Waals surface area contributed by atoms with Crippen molar-refractivity contribution < 1.29 is 9.53 Å². The maximum absolute atomic E-state index is 12.2. The minimum Gasteiger partial charge on any atom is -0.460 e. The normalized spacial score (nSPS) is 19.8. The molecule has 0 spiro atoms. The maximum atomic E-state index is 12.2. The third-order valence-electron chi connectivity index (χ3n) is 3.33. The van der Waals surface area contributed by atoms with Gasteiger partial charge in [-0.1, -0.05) is 0 Å². The number of aromatic nitrogens is 1. The van der Waals surface area contributed by atoms with E-state index in [4.69, 9.17) is 10.5 Å². The van der Waals surface area contributed by atoms with Crippen molar-refractivity contribution in [1.82, 2.24) is 4.98 Å². The molecule has 1 aromatic rings. The molecule has 5 nitrogen and oxygen atoms in total. The van der Waals surface area contributed by atoms with E-state index in [9.17, 15) is 4.79 Å². The lowest BCUT2D eigenvalue weighted by Gasteiger charge is -2.35. The molecule has 110 valence electrons. The smallest absolute Gasteiger partial charge is 0.311 e. The van der Waals surface area contributed by atoms with E-state index >= 15 is 0 Å². The first-order chi connectivity index (χ1) is 9.37. The molecule has 1 aromatic heterocycles. The van der Waals surface area contributed by atoms with E-state index in [2.05, 4.69) is 9.88 Å². The number of anilines is 2. The molecule has 1 aliphatic rings. The average Bonchev–Trinajstić information content (AvgIpc) is 2.37. The molecule has 1 aliphatic heterocycles. The van der Waals surface area contributed by atoms with Crippen molar-refractivity contribution in [2.75, 3.05) is 23.7 Å². The van der Waals surface area contributed by atoms with Gasteiger partial charge in [0.1, 0.15) is 5.60 Å². The third kappa shape index (κ3) is 3.62. The van der Waals surface area contributed by atoms with Gasteiger partial charge in [-0.2, -0.15) is 0 Å². The molecule has 2 N–H and O–H groups in total. The molecule has 0 radical (unpaired) electrons. The number of pyridine rings is 1. The molecule has 5 heteroatoms. The second-order valence-electron chi connectivity index (χ2n) is 6.25. The van der Waals surface area contributed by atoms with E-state index < -0.39 is 5.60 Å². The summed E-state index contributed by atoms with van der Waals surface area (Å²) in [7, 11) is 0. The van der Waals surface area contributed by atoms with Gasteiger partial charge in [-0.05, 0) is 39.7 Å². The number of carbonyl (C=O) groups excluding carboxylic acids is 1. The highest BCUT2D eigenvalue weighted by Crippen LogP contribution is 2.28. The van der Waals surface area contributed by atoms with Gasteiger partial charge in [-0.3, -0.25) is 9.78 Å². The van der Waals surface area contributed by atoms with Gasteiger partial charge in [-0.25, -0.2) is 0 Å². The summed E-state index contributed by atoms with van der Waals surface area (Å²) in [5, 5.41) is 0. The van der Waals surface area contributed by atoms with Gasteiger partial charge in [0.2, 0.25) is 0 Å². The van der Waals surface area contributed by atoms with E-state index in [1.54, 1.807) is 12.4 Å². The predicted molar refractivity (Wildman–Crippen MR) is 79.4 cm³/mol. The van der Waals surface area contributed by atoms with E-state index in [1.807, 2.05) is 26.8 Å². The van der Waals surface area contributed by atoms with Crippen LogP contribution in [0.1, 0.15) is 33.6 Å². The highest BCUT2D eigenvalue weighted by molar-refractivity contribution is 5.75. The van der Waals surface area contributed by atoms with E-state index in [0.29, 0.717) is 12.2 Å². The lowest BCUT2D eigenvalue weighted by atomic mass is 9.97. The molecule has 1 atom stereocenters. The second-order valence-corrected chi connectivity index (χ2v) is 6.25. The second kappa shape index (κ2) is 5.69. The summed E-state index contributed by atoms with van der Waals surface area (Å²) in [5.74, 6) is -0.203. The van der Waals surface area contributed by atoms with Crippen LogP contribution in [0.25, 0.3) is 0 Å². The van der Waals surface area contributed by atoms with Crippen molar-refractivity contribution in [2.45, 2.75) is 39.2 Å². The monoisotopic (exact) mass is 277 g/mol. The number of esters is 1. The largest absolute Gasteiger partial charge is 0.460 e. The van der Waals surface area contributed by atoms with Crippen molar-refractivity contribution >= 4 is 17.3 Å². The maximum Gasteiger partial charge on any atom is 0.311 e. The standard InChI is InChI=1S/C15H23N3O2/c1-15(2,3)20-14(19)11-5-4-8-18(10-11)13-6-7-17-9-12(13)16/h6-7,9,11H,4-5,8,10,16H2,1-3H3. The van der Waals surface area contributed by atoms with E-state index in [0.717, 1.165) is 25.1 Å². The van der Waals surface area contributed by atoms with Gasteiger partial charge in [0.15, 0.2) is 0 Å². The molecule has 0 amide bonds. The molecule has 20 heavy (non-hydrogen) atoms. The highest BCUT2D eigenvalue weighted by atomic mass is 16.6. The third-order valence-corrected chi connectivity index (χ3v) is 3.33. The van der Waals surface area contributed by atoms with Crippen molar-refractivity contribution in [1.29, 1.82) is 0 Å². The summed E-state index contributed by atoms with van der Waals surface area (Å²) >= 11 is 0. The number of rotatable bonds is 2. The van der Waals surface area contributed by atoms with Crippen LogP contribution in [0.15, 0.2) is 18.5 Å². The number of piperidine rings is 1. The molecule has 0 aromatic carbocycles. The minimum absolute atomic E-state index is 0.0875. The number of nitrogen functional groups attached to an aromatic ring is 1. The summed E-state index contributed by atoms with van der Waals surface area (Å²) in [4.78, 5) is 18.3. The summed E-state index contributed by atoms with van der Waals surface area (Å²) in [6.07, 6.45) is 5.21. The molecular weight excluding hydrogens is 254 g/mol. The van der Waals surface area contributed by atoms with Gasteiger partial charge in [-0.15, -0.1) is 0 Å². The minimum atomic E-state index is -0.435. The van der Waals surface area contributed by atoms with Gasteiger partial charge in [0.25, 0.3) is 0 Å². The van der Waals surface area contributed by atoms with Gasteiger partial charge in [0, 0.05) is 19.3 Å². The lowest BCUT2D eigenvalue weighted by Crippen LogP contribution is -2.41. The molecule has 0 aliphatic carbocycles. The van der Waals surface area contributed by atoms with Crippen LogP contribution in [-0.4, -0.2) is 29.6 Å². The van der Waals surface area contributed by atoms with E-state index in [-0.39, 0.29) is 11.9 Å². The number of hydrogen-bond acceptors (Lipinski definition) is 5. The molecule has 1 fully saturated rings. The zero-order valence-electron chi connectivity index (χ0n) is 12.4. The molecule has 1 unspecified atom stereocenters. The van der Waals surface area contributed by atoms with Crippen molar-refractivity contribution in [2.24, 2.45) is 5.92 Å². The van der Waals surface area contributed by atoms with Gasteiger partial charge < -0.3 is 15.4 Å². The lowest BCUT2D eigenvalue weighted by molar-refractivity contribution is -0.160. The average molecular weight is 277 g/mol. The van der Waals surface area contributed by atoms with Crippen LogP contribution in [-0.2, 0) is 9.53 Å². The zero-order valence-corrected chi connectivity index (χ0v) is 12.4. The fraction of sp³-hybridized carbons (Fsp3) is 0.600. The number of carbonyl (C=O) groups is 1. The zero-order chi connectivity index (χ0) is 14.8. The SMILES string of the molecule is CC(C)(C)OC(=O)C1CCCN(c2ccncc2N)C1. The Morgan fingerprint density at radius 1 is 1.50 bits per heavy atom. The summed E-state index contributed by atoms with van der Waals surface area (Å²) in [6.45, 7) is 7.25. The topological polar surface area (TPSA) is 68.5 Å². The molecule has 1 saturated heterocycles. The number of ether oxygens (including phenoxy) is 1. The summed E-state index contributed by atoms with van der Waals surface area (Å²) < 4.78 is 5.48. The number of nitrogens with two attached hydrogens (primary N) is 1. The number of hydrogen-bond donors (Lipinski definition) is 1. The first kappa shape index (κ1) is 14.6. The Labute approximate surface area is 120 Å². The van der Waals surface area contributed by atoms with Crippen molar-refractivity contribution in [3.05, 3.63) is 18.5 Å². The fourth-order valence-corrected chi connectivity index (χ4v) is 2.46. The Hall–Kier alpha value is -1.78. The van der Waals surface area contributed by atoms with E-state index in [1.165, 1.54) is 0 Å². The molecule has 0 saturated carbocycles. The van der Waals surface area contributed by atoms with Crippen molar-refractivity contribution in [3.63, 3.8) is 0 Å². The highest BCUT2D eigenvalue weighted by Gasteiger charge is 2.30. The molecule has 2 heterocycles. The van der Waals surface area contributed by atoms with Crippen LogP contribution in [0, 0.1) is 5.92 Å². The Bertz CT molecular complexity index is 482. The molecule has 2 rings (SSSR count). The molecular formula is C15H23N3O2. The van der Waals surface area contributed by atoms with Crippen LogP contribution < -0.4 is 10.6 Å². The quantitative estimate of drug-likeness (QED) is 0.839. The Kier molecular flexibility index (Phi) is 4.16. The van der Waals surface area contributed by atoms with Crippen LogP contribution in [0.2, 0.25) is 0 Å². The number of nitrogens with zero attached hydrogens (tertiary/aromatic N) is 2. The first-order valence-electron chi connectivity index (χ1n) is 7.04. The fourth-order valence-electron chi connectivity index (χ4n) is 2.46. The van der Waals surface area contributed by atoms with Crippen LogP contribution >= 0.6 is 0 Å². The molecule has 0 bridgehead atoms. The van der Waals surface area contributed by atoms with Crippen LogP contribution in [0.4, 0.5) is 11.4 Å². The Morgan fingerprint density at radius 3 is 2.90 bits per heavy atom. The van der Waals surface area contributed by atoms with Crippen molar-refractivity contribution in [3.8, 4) is 0 Å².